The number of ketones is 1. The van der Waals surface area contributed by atoms with Crippen LogP contribution < -0.4 is 4.74 Å². The summed E-state index contributed by atoms with van der Waals surface area (Å²) in [6.45, 7) is 0. The number of hydrogen-bond acceptors (Lipinski definition) is 5. The van der Waals surface area contributed by atoms with Gasteiger partial charge >= 0.3 is 0 Å². The number of allylic oxidation sites excluding steroid dienone is 1. The van der Waals surface area contributed by atoms with E-state index in [2.05, 4.69) is 0 Å². The topological polar surface area (TPSA) is 79.9 Å². The van der Waals surface area contributed by atoms with Crippen molar-refractivity contribution < 1.29 is 24.2 Å². The largest absolute Gasteiger partial charge is 0.506 e. The Morgan fingerprint density at radius 1 is 1.17 bits per heavy atom. The van der Waals surface area contributed by atoms with Crippen LogP contribution in [0, 0.1) is 0 Å². The number of ether oxygens (including phenoxy) is 1. The zero-order chi connectivity index (χ0) is 16.4. The van der Waals surface area contributed by atoms with Gasteiger partial charge in [0.15, 0.2) is 17.3 Å². The molecule has 5 heteroatoms. The van der Waals surface area contributed by atoms with E-state index in [1.807, 2.05) is 0 Å². The molecule has 0 radical (unpaired) electrons. The van der Waals surface area contributed by atoms with E-state index >= 15 is 0 Å². The summed E-state index contributed by atoms with van der Waals surface area (Å²) < 4.78 is 10.2. The lowest BCUT2D eigenvalue weighted by Crippen LogP contribution is -1.95. The minimum absolute atomic E-state index is 0.0269. The fourth-order valence-electron chi connectivity index (χ4n) is 2.29. The second kappa shape index (κ2) is 5.88. The van der Waals surface area contributed by atoms with Gasteiger partial charge in [0.2, 0.25) is 0 Å². The molecule has 0 atom stereocenters. The Morgan fingerprint density at radius 2 is 2.00 bits per heavy atom. The number of aromatic hydroxyl groups is 2. The third kappa shape index (κ3) is 2.76. The molecule has 5 nitrogen and oxygen atoms in total. The van der Waals surface area contributed by atoms with Gasteiger partial charge in [-0.05, 0) is 42.0 Å². The van der Waals surface area contributed by atoms with Crippen LogP contribution in [0.3, 0.4) is 0 Å². The molecule has 116 valence electrons. The molecule has 0 fully saturated rings. The number of furan rings is 1. The molecule has 0 amide bonds. The highest BCUT2D eigenvalue weighted by molar-refractivity contribution is 6.11. The summed E-state index contributed by atoms with van der Waals surface area (Å²) >= 11 is 0. The first kappa shape index (κ1) is 14.7. The molecule has 0 saturated carbocycles. The molecule has 0 aliphatic heterocycles. The number of hydrogen-bond donors (Lipinski definition) is 2. The highest BCUT2D eigenvalue weighted by Crippen LogP contribution is 2.30. The lowest BCUT2D eigenvalue weighted by Gasteiger charge is -2.04. The number of fused-ring (bicyclic) bond motifs is 1. The third-order valence-electron chi connectivity index (χ3n) is 3.50. The molecule has 23 heavy (non-hydrogen) atoms. The van der Waals surface area contributed by atoms with Gasteiger partial charge in [-0.25, -0.2) is 0 Å². The van der Waals surface area contributed by atoms with Crippen LogP contribution in [0.2, 0.25) is 0 Å². The molecule has 0 aliphatic carbocycles. The molecule has 1 aromatic heterocycles. The zero-order valence-electron chi connectivity index (χ0n) is 12.3. The summed E-state index contributed by atoms with van der Waals surface area (Å²) in [4.78, 5) is 12.3. The Labute approximate surface area is 132 Å². The number of phenols is 2. The average Bonchev–Trinajstić information content (AvgIpc) is 3.03. The summed E-state index contributed by atoms with van der Waals surface area (Å²) in [6.07, 6.45) is 4.40. The SMILES string of the molecule is COc1cc(/C=C/C(=O)c2ccc3occc3c2O)ccc1O. The van der Waals surface area contributed by atoms with Gasteiger partial charge in [-0.3, -0.25) is 4.79 Å². The van der Waals surface area contributed by atoms with Crippen molar-refractivity contribution in [3.05, 3.63) is 59.9 Å². The van der Waals surface area contributed by atoms with E-state index in [4.69, 9.17) is 9.15 Å². The lowest BCUT2D eigenvalue weighted by atomic mass is 10.1. The van der Waals surface area contributed by atoms with E-state index in [0.29, 0.717) is 22.3 Å². The second-order valence-electron chi connectivity index (χ2n) is 4.92. The van der Waals surface area contributed by atoms with Crippen molar-refractivity contribution in [2.75, 3.05) is 7.11 Å². The van der Waals surface area contributed by atoms with E-state index in [9.17, 15) is 15.0 Å². The number of benzene rings is 2. The first-order valence-electron chi connectivity index (χ1n) is 6.88. The molecule has 3 aromatic rings. The molecule has 2 N–H and O–H groups in total. The van der Waals surface area contributed by atoms with Crippen LogP contribution in [-0.4, -0.2) is 23.1 Å². The number of methoxy groups -OCH3 is 1. The molecule has 0 spiro atoms. The molecule has 1 heterocycles. The molecule has 0 unspecified atom stereocenters. The number of phenolic OH excluding ortho intramolecular Hbond substituents is 2. The Kier molecular flexibility index (Phi) is 3.76. The van der Waals surface area contributed by atoms with Crippen molar-refractivity contribution in [1.29, 1.82) is 0 Å². The summed E-state index contributed by atoms with van der Waals surface area (Å²) in [6, 6.07) is 9.51. The monoisotopic (exact) mass is 310 g/mol. The van der Waals surface area contributed by atoms with Crippen LogP contribution in [0.25, 0.3) is 17.0 Å². The predicted molar refractivity (Wildman–Crippen MR) is 85.9 cm³/mol. The molecule has 0 bridgehead atoms. The van der Waals surface area contributed by atoms with Crippen molar-refractivity contribution in [1.82, 2.24) is 0 Å². The highest BCUT2D eigenvalue weighted by Gasteiger charge is 2.13. The van der Waals surface area contributed by atoms with Crippen LogP contribution in [0.15, 0.2) is 53.2 Å². The summed E-state index contributed by atoms with van der Waals surface area (Å²) in [5.74, 6) is -0.0897. The van der Waals surface area contributed by atoms with Crippen LogP contribution in [0.4, 0.5) is 0 Å². The highest BCUT2D eigenvalue weighted by atomic mass is 16.5. The normalized spacial score (nSPS) is 11.2. The molecule has 3 rings (SSSR count). The van der Waals surface area contributed by atoms with Crippen LogP contribution >= 0.6 is 0 Å². The smallest absolute Gasteiger partial charge is 0.189 e. The van der Waals surface area contributed by atoms with Gasteiger partial charge < -0.3 is 19.4 Å². The van der Waals surface area contributed by atoms with Crippen LogP contribution in [0.5, 0.6) is 17.2 Å². The van der Waals surface area contributed by atoms with E-state index in [1.165, 1.54) is 31.6 Å². The third-order valence-corrected chi connectivity index (χ3v) is 3.50. The van der Waals surface area contributed by atoms with Crippen molar-refractivity contribution in [2.24, 2.45) is 0 Å². The van der Waals surface area contributed by atoms with Gasteiger partial charge in [-0.1, -0.05) is 12.1 Å². The van der Waals surface area contributed by atoms with Gasteiger partial charge in [0.25, 0.3) is 0 Å². The first-order valence-corrected chi connectivity index (χ1v) is 6.88. The Morgan fingerprint density at radius 3 is 2.78 bits per heavy atom. The second-order valence-corrected chi connectivity index (χ2v) is 4.92. The minimum Gasteiger partial charge on any atom is -0.506 e. The molecular weight excluding hydrogens is 296 g/mol. The van der Waals surface area contributed by atoms with Gasteiger partial charge in [0, 0.05) is 0 Å². The maximum Gasteiger partial charge on any atom is 0.189 e. The Balaban J connectivity index is 1.89. The van der Waals surface area contributed by atoms with E-state index in [1.54, 1.807) is 30.3 Å². The molecule has 0 saturated heterocycles. The maximum atomic E-state index is 12.3. The average molecular weight is 310 g/mol. The van der Waals surface area contributed by atoms with Crippen molar-refractivity contribution >= 4 is 22.8 Å². The number of rotatable bonds is 4. The minimum atomic E-state index is -0.336. The van der Waals surface area contributed by atoms with Gasteiger partial charge in [-0.2, -0.15) is 0 Å². The number of carbonyl (C=O) groups excluding carboxylic acids is 1. The fourth-order valence-corrected chi connectivity index (χ4v) is 2.29. The fraction of sp³-hybridized carbons (Fsp3) is 0.0556. The van der Waals surface area contributed by atoms with Crippen LogP contribution in [0.1, 0.15) is 15.9 Å². The summed E-state index contributed by atoms with van der Waals surface area (Å²) in [5, 5.41) is 20.2. The van der Waals surface area contributed by atoms with Crippen LogP contribution in [-0.2, 0) is 0 Å². The Hall–Kier alpha value is -3.21. The van der Waals surface area contributed by atoms with Crippen molar-refractivity contribution in [3.8, 4) is 17.2 Å². The number of carbonyl (C=O) groups is 1. The molecule has 2 aromatic carbocycles. The standard InChI is InChI=1S/C18H14O5/c1-22-17-10-11(3-6-15(17)20)2-5-14(19)12-4-7-16-13(18(12)21)8-9-23-16/h2-10,20-21H,1H3/b5-2+. The van der Waals surface area contributed by atoms with Gasteiger partial charge in [0.05, 0.1) is 24.3 Å². The first-order chi connectivity index (χ1) is 11.1. The van der Waals surface area contributed by atoms with E-state index < -0.39 is 0 Å². The predicted octanol–water partition coefficient (Wildman–Crippen LogP) is 3.75. The van der Waals surface area contributed by atoms with Gasteiger partial charge in [0.1, 0.15) is 11.3 Å². The molecular formula is C18H14O5. The van der Waals surface area contributed by atoms with E-state index in [0.717, 1.165) is 0 Å². The summed E-state index contributed by atoms with van der Waals surface area (Å²) in [7, 11) is 1.45. The van der Waals surface area contributed by atoms with E-state index in [-0.39, 0.29) is 22.8 Å². The van der Waals surface area contributed by atoms with Crippen molar-refractivity contribution in [3.63, 3.8) is 0 Å². The Bertz CT molecular complexity index is 905. The summed E-state index contributed by atoms with van der Waals surface area (Å²) in [5.41, 5.74) is 1.41. The van der Waals surface area contributed by atoms with Gasteiger partial charge in [-0.15, -0.1) is 0 Å². The molecule has 0 aliphatic rings. The zero-order valence-corrected chi connectivity index (χ0v) is 12.3. The maximum absolute atomic E-state index is 12.3. The quantitative estimate of drug-likeness (QED) is 0.566. The lowest BCUT2D eigenvalue weighted by molar-refractivity contribution is 0.104. The van der Waals surface area contributed by atoms with Crippen molar-refractivity contribution in [2.45, 2.75) is 0 Å².